The minimum absolute atomic E-state index is 0.206. The Kier molecular flexibility index (Phi) is 4.93. The minimum Gasteiger partial charge on any atom is -0.361 e. The Morgan fingerprint density at radius 2 is 1.96 bits per heavy atom. The van der Waals surface area contributed by atoms with Crippen molar-refractivity contribution in [3.05, 3.63) is 71.9 Å². The Morgan fingerprint density at radius 1 is 1.12 bits per heavy atom. The van der Waals surface area contributed by atoms with Crippen LogP contribution >= 0.6 is 0 Å². The fraction of sp³-hybridized carbons (Fsp3) is 0.200. The Hall–Kier alpha value is -3.06. The number of benzene rings is 2. The van der Waals surface area contributed by atoms with Crippen molar-refractivity contribution in [1.29, 1.82) is 5.26 Å². The van der Waals surface area contributed by atoms with Gasteiger partial charge in [-0.05, 0) is 47.6 Å². The maximum absolute atomic E-state index is 12.2. The zero-order valence-corrected chi connectivity index (χ0v) is 13.3. The third-order valence-corrected chi connectivity index (χ3v) is 4.09. The van der Waals surface area contributed by atoms with Crippen LogP contribution in [0.2, 0.25) is 0 Å². The molecule has 0 saturated carbocycles. The fourth-order valence-corrected chi connectivity index (χ4v) is 2.76. The smallest absolute Gasteiger partial charge is 0.237 e. The van der Waals surface area contributed by atoms with E-state index < -0.39 is 5.92 Å². The minimum atomic E-state index is -0.669. The highest BCUT2D eigenvalue weighted by Gasteiger charge is 2.18. The molecule has 1 amide bonds. The fourth-order valence-electron chi connectivity index (χ4n) is 2.76. The zero-order chi connectivity index (χ0) is 16.8. The number of fused-ring (bicyclic) bond motifs is 1. The van der Waals surface area contributed by atoms with Crippen molar-refractivity contribution in [3.8, 4) is 6.07 Å². The normalized spacial score (nSPS) is 11.8. The number of H-pyrrole nitrogens is 1. The molecule has 0 aliphatic carbocycles. The van der Waals surface area contributed by atoms with Gasteiger partial charge in [-0.2, -0.15) is 5.26 Å². The van der Waals surface area contributed by atoms with Crippen LogP contribution in [-0.4, -0.2) is 17.4 Å². The van der Waals surface area contributed by atoms with E-state index in [9.17, 15) is 10.1 Å². The molecular formula is C20H19N3O. The Labute approximate surface area is 141 Å². The number of amides is 1. The molecule has 3 aromatic rings. The monoisotopic (exact) mass is 317 g/mol. The average Bonchev–Trinajstić information content (AvgIpc) is 3.08. The van der Waals surface area contributed by atoms with Gasteiger partial charge in [-0.15, -0.1) is 0 Å². The molecule has 24 heavy (non-hydrogen) atoms. The van der Waals surface area contributed by atoms with Crippen molar-refractivity contribution >= 4 is 16.8 Å². The van der Waals surface area contributed by atoms with Crippen LogP contribution in [0.3, 0.4) is 0 Å². The maximum atomic E-state index is 12.2. The Bertz CT molecular complexity index is 861. The number of hydrogen-bond donors (Lipinski definition) is 2. The van der Waals surface area contributed by atoms with E-state index in [2.05, 4.69) is 16.4 Å². The molecule has 0 aliphatic heterocycles. The summed E-state index contributed by atoms with van der Waals surface area (Å²) in [6, 6.07) is 20.0. The lowest BCUT2D eigenvalue weighted by Gasteiger charge is -2.10. The molecular weight excluding hydrogens is 298 g/mol. The molecule has 0 spiro atoms. The highest BCUT2D eigenvalue weighted by Crippen LogP contribution is 2.17. The molecule has 0 radical (unpaired) electrons. The first-order valence-corrected chi connectivity index (χ1v) is 8.03. The molecule has 1 unspecified atom stereocenters. The second-order valence-electron chi connectivity index (χ2n) is 5.81. The molecule has 0 fully saturated rings. The van der Waals surface area contributed by atoms with E-state index in [1.807, 2.05) is 60.8 Å². The number of hydrogen-bond acceptors (Lipinski definition) is 2. The molecule has 2 aromatic carbocycles. The average molecular weight is 317 g/mol. The number of aromatic nitrogens is 1. The SMILES string of the molecule is N#CC(Cc1ccc2[nH]ccc2c1)C(=O)NCCc1ccccc1. The van der Waals surface area contributed by atoms with E-state index in [1.165, 1.54) is 5.56 Å². The third kappa shape index (κ3) is 3.82. The molecule has 1 aromatic heterocycles. The van der Waals surface area contributed by atoms with Gasteiger partial charge in [0.05, 0.1) is 6.07 Å². The van der Waals surface area contributed by atoms with Gasteiger partial charge in [0, 0.05) is 18.3 Å². The summed E-state index contributed by atoms with van der Waals surface area (Å²) in [7, 11) is 0. The summed E-state index contributed by atoms with van der Waals surface area (Å²) >= 11 is 0. The molecule has 0 aliphatic rings. The summed E-state index contributed by atoms with van der Waals surface area (Å²) in [6.45, 7) is 0.540. The van der Waals surface area contributed by atoms with Crippen molar-refractivity contribution in [2.45, 2.75) is 12.8 Å². The van der Waals surface area contributed by atoms with E-state index >= 15 is 0 Å². The first-order chi connectivity index (χ1) is 11.8. The van der Waals surface area contributed by atoms with Gasteiger partial charge in [0.15, 0.2) is 0 Å². The van der Waals surface area contributed by atoms with E-state index in [0.29, 0.717) is 13.0 Å². The molecule has 1 heterocycles. The molecule has 0 saturated heterocycles. The second kappa shape index (κ2) is 7.47. The number of aromatic amines is 1. The summed E-state index contributed by atoms with van der Waals surface area (Å²) in [5, 5.41) is 13.3. The predicted octanol–water partition coefficient (Wildman–Crippen LogP) is 3.21. The number of nitrogens with zero attached hydrogens (tertiary/aromatic N) is 1. The molecule has 1 atom stereocenters. The lowest BCUT2D eigenvalue weighted by atomic mass is 9.99. The molecule has 0 bridgehead atoms. The Morgan fingerprint density at radius 3 is 2.75 bits per heavy atom. The van der Waals surface area contributed by atoms with Gasteiger partial charge in [-0.25, -0.2) is 0 Å². The van der Waals surface area contributed by atoms with Crippen LogP contribution in [0.25, 0.3) is 10.9 Å². The lowest BCUT2D eigenvalue weighted by Crippen LogP contribution is -2.32. The summed E-state index contributed by atoms with van der Waals surface area (Å²) in [5.74, 6) is -0.875. The standard InChI is InChI=1S/C20H19N3O/c21-14-18(13-16-6-7-19-17(12-16)9-11-22-19)20(24)23-10-8-15-4-2-1-3-5-15/h1-7,9,11-12,18,22H,8,10,13H2,(H,23,24). The highest BCUT2D eigenvalue weighted by atomic mass is 16.1. The van der Waals surface area contributed by atoms with Crippen LogP contribution in [0.1, 0.15) is 11.1 Å². The Balaban J connectivity index is 1.56. The summed E-state index contributed by atoms with van der Waals surface area (Å²) in [6.07, 6.45) is 3.07. The van der Waals surface area contributed by atoms with Crippen LogP contribution in [0, 0.1) is 17.2 Å². The largest absolute Gasteiger partial charge is 0.361 e. The molecule has 2 N–H and O–H groups in total. The van der Waals surface area contributed by atoms with Crippen LogP contribution in [0.4, 0.5) is 0 Å². The second-order valence-corrected chi connectivity index (χ2v) is 5.81. The van der Waals surface area contributed by atoms with Crippen LogP contribution in [0.5, 0.6) is 0 Å². The van der Waals surface area contributed by atoms with Gasteiger partial charge in [0.25, 0.3) is 0 Å². The first kappa shape index (κ1) is 15.8. The van der Waals surface area contributed by atoms with E-state index in [0.717, 1.165) is 22.9 Å². The van der Waals surface area contributed by atoms with Gasteiger partial charge < -0.3 is 10.3 Å². The third-order valence-electron chi connectivity index (χ3n) is 4.09. The number of carbonyl (C=O) groups excluding carboxylic acids is 1. The van der Waals surface area contributed by atoms with E-state index in [4.69, 9.17) is 0 Å². The summed E-state index contributed by atoms with van der Waals surface area (Å²) in [4.78, 5) is 15.4. The van der Waals surface area contributed by atoms with Crippen molar-refractivity contribution in [2.75, 3.05) is 6.54 Å². The van der Waals surface area contributed by atoms with Gasteiger partial charge in [0.2, 0.25) is 5.91 Å². The van der Waals surface area contributed by atoms with Crippen molar-refractivity contribution in [1.82, 2.24) is 10.3 Å². The number of nitriles is 1. The molecule has 120 valence electrons. The highest BCUT2D eigenvalue weighted by molar-refractivity contribution is 5.82. The number of rotatable bonds is 6. The van der Waals surface area contributed by atoms with Gasteiger partial charge >= 0.3 is 0 Å². The molecule has 3 rings (SSSR count). The van der Waals surface area contributed by atoms with Gasteiger partial charge in [-0.3, -0.25) is 4.79 Å². The number of nitrogens with one attached hydrogen (secondary N) is 2. The van der Waals surface area contributed by atoms with Crippen molar-refractivity contribution in [2.24, 2.45) is 5.92 Å². The topological polar surface area (TPSA) is 68.7 Å². The van der Waals surface area contributed by atoms with E-state index in [1.54, 1.807) is 0 Å². The first-order valence-electron chi connectivity index (χ1n) is 8.03. The summed E-state index contributed by atoms with van der Waals surface area (Å²) < 4.78 is 0. The van der Waals surface area contributed by atoms with Crippen molar-refractivity contribution in [3.63, 3.8) is 0 Å². The lowest BCUT2D eigenvalue weighted by molar-refractivity contribution is -0.123. The quantitative estimate of drug-likeness (QED) is 0.733. The van der Waals surface area contributed by atoms with Gasteiger partial charge in [-0.1, -0.05) is 36.4 Å². The predicted molar refractivity (Wildman–Crippen MR) is 94.3 cm³/mol. The molecule has 4 nitrogen and oxygen atoms in total. The van der Waals surface area contributed by atoms with Crippen LogP contribution < -0.4 is 5.32 Å². The number of carbonyl (C=O) groups is 1. The van der Waals surface area contributed by atoms with Crippen LogP contribution in [0.15, 0.2) is 60.8 Å². The molecule has 4 heteroatoms. The zero-order valence-electron chi connectivity index (χ0n) is 13.3. The maximum Gasteiger partial charge on any atom is 0.237 e. The van der Waals surface area contributed by atoms with E-state index in [-0.39, 0.29) is 5.91 Å². The van der Waals surface area contributed by atoms with Gasteiger partial charge in [0.1, 0.15) is 5.92 Å². The summed E-state index contributed by atoms with van der Waals surface area (Å²) in [5.41, 5.74) is 3.22. The van der Waals surface area contributed by atoms with Crippen LogP contribution in [-0.2, 0) is 17.6 Å². The van der Waals surface area contributed by atoms with Crippen molar-refractivity contribution < 1.29 is 4.79 Å².